The van der Waals surface area contributed by atoms with Gasteiger partial charge >= 0.3 is 0 Å². The van der Waals surface area contributed by atoms with E-state index in [4.69, 9.17) is 0 Å². The molecular formula is C20H17BrN2O2. The second-order valence-corrected chi connectivity index (χ2v) is 6.66. The highest BCUT2D eigenvalue weighted by atomic mass is 79.9. The molecule has 1 heterocycles. The molecule has 5 heteroatoms. The minimum Gasteiger partial charge on any atom is -0.322 e. The average Bonchev–Trinajstić information content (AvgIpc) is 2.58. The number of halogens is 1. The second kappa shape index (κ2) is 7.49. The summed E-state index contributed by atoms with van der Waals surface area (Å²) in [5.41, 5.74) is 2.61. The molecule has 2 aromatic carbocycles. The van der Waals surface area contributed by atoms with Crippen LogP contribution in [-0.4, -0.2) is 10.5 Å². The number of nitrogens with zero attached hydrogens (tertiary/aromatic N) is 1. The van der Waals surface area contributed by atoms with Crippen LogP contribution in [0.4, 0.5) is 5.69 Å². The highest BCUT2D eigenvalue weighted by Crippen LogP contribution is 2.16. The van der Waals surface area contributed by atoms with Crippen molar-refractivity contribution in [2.45, 2.75) is 13.5 Å². The van der Waals surface area contributed by atoms with Crippen LogP contribution in [-0.2, 0) is 6.54 Å². The van der Waals surface area contributed by atoms with Gasteiger partial charge in [-0.05, 0) is 48.4 Å². The number of amides is 1. The van der Waals surface area contributed by atoms with Crippen LogP contribution in [0.3, 0.4) is 0 Å². The van der Waals surface area contributed by atoms with Gasteiger partial charge in [-0.2, -0.15) is 0 Å². The predicted molar refractivity (Wildman–Crippen MR) is 103 cm³/mol. The number of hydrogen-bond donors (Lipinski definition) is 1. The fourth-order valence-electron chi connectivity index (χ4n) is 2.57. The molecule has 0 fully saturated rings. The Bertz CT molecular complexity index is 979. The van der Waals surface area contributed by atoms with Crippen LogP contribution in [0.25, 0.3) is 0 Å². The number of anilines is 1. The Balaban J connectivity index is 1.87. The molecule has 0 radical (unpaired) electrons. The van der Waals surface area contributed by atoms with Crippen LogP contribution in [0.1, 0.15) is 21.5 Å². The summed E-state index contributed by atoms with van der Waals surface area (Å²) in [6.07, 6.45) is 1.70. The fraction of sp³-hybridized carbons (Fsp3) is 0.100. The number of nitrogens with one attached hydrogen (secondary N) is 1. The van der Waals surface area contributed by atoms with Gasteiger partial charge < -0.3 is 9.88 Å². The standard InChI is InChI=1S/C20H17BrN2O2/c1-14-6-2-3-7-15(14)13-23-11-5-10-18(20(23)25)19(24)22-17-9-4-8-16(21)12-17/h2-12H,13H2,1H3,(H,22,24). The SMILES string of the molecule is Cc1ccccc1Cn1cccc(C(=O)Nc2cccc(Br)c2)c1=O. The molecule has 0 aliphatic heterocycles. The average molecular weight is 397 g/mol. The van der Waals surface area contributed by atoms with E-state index in [1.165, 1.54) is 0 Å². The summed E-state index contributed by atoms with van der Waals surface area (Å²) in [4.78, 5) is 25.2. The van der Waals surface area contributed by atoms with Crippen molar-refractivity contribution < 1.29 is 4.79 Å². The molecule has 3 rings (SSSR count). The summed E-state index contributed by atoms with van der Waals surface area (Å²) in [6, 6.07) is 18.4. The number of carbonyl (C=O) groups is 1. The van der Waals surface area contributed by atoms with Gasteiger partial charge in [0.15, 0.2) is 0 Å². The van der Waals surface area contributed by atoms with Gasteiger partial charge in [0.2, 0.25) is 0 Å². The highest BCUT2D eigenvalue weighted by molar-refractivity contribution is 9.10. The van der Waals surface area contributed by atoms with Gasteiger partial charge in [0.1, 0.15) is 5.56 Å². The van der Waals surface area contributed by atoms with E-state index in [2.05, 4.69) is 21.2 Å². The van der Waals surface area contributed by atoms with Gasteiger partial charge in [0.25, 0.3) is 11.5 Å². The van der Waals surface area contributed by atoms with Gasteiger partial charge in [0, 0.05) is 16.4 Å². The molecular weight excluding hydrogens is 380 g/mol. The molecule has 126 valence electrons. The molecule has 0 saturated heterocycles. The number of hydrogen-bond acceptors (Lipinski definition) is 2. The monoisotopic (exact) mass is 396 g/mol. The summed E-state index contributed by atoms with van der Waals surface area (Å²) in [7, 11) is 0. The number of carbonyl (C=O) groups excluding carboxylic acids is 1. The number of aromatic nitrogens is 1. The normalized spacial score (nSPS) is 10.5. The lowest BCUT2D eigenvalue weighted by Crippen LogP contribution is -2.29. The molecule has 1 amide bonds. The maximum absolute atomic E-state index is 12.7. The van der Waals surface area contributed by atoms with E-state index >= 15 is 0 Å². The number of aryl methyl sites for hydroxylation is 1. The van der Waals surface area contributed by atoms with Crippen molar-refractivity contribution >= 4 is 27.5 Å². The Morgan fingerprint density at radius 3 is 2.64 bits per heavy atom. The third-order valence-electron chi connectivity index (χ3n) is 3.95. The van der Waals surface area contributed by atoms with Crippen LogP contribution in [0.5, 0.6) is 0 Å². The molecule has 0 aliphatic rings. The Labute approximate surface area is 154 Å². The Morgan fingerprint density at radius 2 is 1.88 bits per heavy atom. The van der Waals surface area contributed by atoms with Gasteiger partial charge in [-0.15, -0.1) is 0 Å². The molecule has 0 atom stereocenters. The van der Waals surface area contributed by atoms with E-state index in [0.29, 0.717) is 12.2 Å². The molecule has 1 aromatic heterocycles. The van der Waals surface area contributed by atoms with E-state index in [1.54, 1.807) is 35.0 Å². The van der Waals surface area contributed by atoms with E-state index in [1.807, 2.05) is 43.3 Å². The molecule has 0 aliphatic carbocycles. The lowest BCUT2D eigenvalue weighted by atomic mass is 10.1. The molecule has 0 saturated carbocycles. The van der Waals surface area contributed by atoms with Crippen molar-refractivity contribution in [1.29, 1.82) is 0 Å². The first-order chi connectivity index (χ1) is 12.0. The molecule has 4 nitrogen and oxygen atoms in total. The Hall–Kier alpha value is -2.66. The topological polar surface area (TPSA) is 51.1 Å². The molecule has 25 heavy (non-hydrogen) atoms. The first-order valence-corrected chi connectivity index (χ1v) is 8.65. The Morgan fingerprint density at radius 1 is 1.08 bits per heavy atom. The summed E-state index contributed by atoms with van der Waals surface area (Å²) in [5.74, 6) is -0.415. The zero-order valence-corrected chi connectivity index (χ0v) is 15.3. The molecule has 0 spiro atoms. The third-order valence-corrected chi connectivity index (χ3v) is 4.44. The van der Waals surface area contributed by atoms with Crippen LogP contribution < -0.4 is 10.9 Å². The van der Waals surface area contributed by atoms with Crippen molar-refractivity contribution in [3.8, 4) is 0 Å². The van der Waals surface area contributed by atoms with E-state index in [0.717, 1.165) is 15.6 Å². The quantitative estimate of drug-likeness (QED) is 0.717. The van der Waals surface area contributed by atoms with Crippen molar-refractivity contribution in [2.75, 3.05) is 5.32 Å². The summed E-state index contributed by atoms with van der Waals surface area (Å²) in [6.45, 7) is 2.44. The maximum Gasteiger partial charge on any atom is 0.263 e. The lowest BCUT2D eigenvalue weighted by Gasteiger charge is -2.10. The zero-order valence-electron chi connectivity index (χ0n) is 13.7. The van der Waals surface area contributed by atoms with Crippen LogP contribution >= 0.6 is 15.9 Å². The van der Waals surface area contributed by atoms with Crippen molar-refractivity contribution in [1.82, 2.24) is 4.57 Å². The smallest absolute Gasteiger partial charge is 0.263 e. The zero-order chi connectivity index (χ0) is 17.8. The number of rotatable bonds is 4. The largest absolute Gasteiger partial charge is 0.322 e. The van der Waals surface area contributed by atoms with Crippen LogP contribution in [0, 0.1) is 6.92 Å². The van der Waals surface area contributed by atoms with Crippen molar-refractivity contribution in [3.05, 3.63) is 98.4 Å². The first kappa shape index (κ1) is 17.2. The minimum atomic E-state index is -0.415. The van der Waals surface area contributed by atoms with Crippen molar-refractivity contribution in [2.24, 2.45) is 0 Å². The fourth-order valence-corrected chi connectivity index (χ4v) is 2.97. The van der Waals surface area contributed by atoms with Gasteiger partial charge in [-0.25, -0.2) is 0 Å². The first-order valence-electron chi connectivity index (χ1n) is 7.85. The molecule has 0 bridgehead atoms. The minimum absolute atomic E-state index is 0.121. The van der Waals surface area contributed by atoms with Gasteiger partial charge in [0.05, 0.1) is 6.54 Å². The second-order valence-electron chi connectivity index (χ2n) is 5.75. The number of benzene rings is 2. The summed E-state index contributed by atoms with van der Waals surface area (Å²) in [5, 5.41) is 2.76. The van der Waals surface area contributed by atoms with E-state index < -0.39 is 5.91 Å². The van der Waals surface area contributed by atoms with E-state index in [-0.39, 0.29) is 11.1 Å². The molecule has 0 unspecified atom stereocenters. The Kier molecular flexibility index (Phi) is 5.14. The molecule has 3 aromatic rings. The lowest BCUT2D eigenvalue weighted by molar-refractivity contribution is 0.102. The van der Waals surface area contributed by atoms with Crippen LogP contribution in [0.2, 0.25) is 0 Å². The highest BCUT2D eigenvalue weighted by Gasteiger charge is 2.13. The van der Waals surface area contributed by atoms with Crippen LogP contribution in [0.15, 0.2) is 76.1 Å². The molecule has 1 N–H and O–H groups in total. The summed E-state index contributed by atoms with van der Waals surface area (Å²) < 4.78 is 2.41. The maximum atomic E-state index is 12.7. The summed E-state index contributed by atoms with van der Waals surface area (Å²) >= 11 is 3.36. The van der Waals surface area contributed by atoms with Gasteiger partial charge in [-0.3, -0.25) is 9.59 Å². The van der Waals surface area contributed by atoms with Crippen molar-refractivity contribution in [3.63, 3.8) is 0 Å². The predicted octanol–water partition coefficient (Wildman–Crippen LogP) is 4.22. The van der Waals surface area contributed by atoms with E-state index in [9.17, 15) is 9.59 Å². The van der Waals surface area contributed by atoms with Gasteiger partial charge in [-0.1, -0.05) is 46.3 Å². The third kappa shape index (κ3) is 4.06. The number of pyridine rings is 1.